The van der Waals surface area contributed by atoms with Gasteiger partial charge in [0.15, 0.2) is 8.32 Å². The topological polar surface area (TPSA) is 44.8 Å². The van der Waals surface area contributed by atoms with Gasteiger partial charge < -0.3 is 13.9 Å². The van der Waals surface area contributed by atoms with E-state index in [1.165, 1.54) is 17.9 Å². The van der Waals surface area contributed by atoms with Crippen LogP contribution in [0.25, 0.3) is 0 Å². The van der Waals surface area contributed by atoms with E-state index in [-0.39, 0.29) is 39.8 Å². The van der Waals surface area contributed by atoms with Crippen LogP contribution in [-0.4, -0.2) is 55.3 Å². The number of rotatable bonds is 13. The molecule has 0 N–H and O–H groups in total. The molecule has 180 valence electrons. The van der Waals surface area contributed by atoms with Crippen LogP contribution in [-0.2, 0) is 18.7 Å². The highest BCUT2D eigenvalue weighted by Crippen LogP contribution is 2.48. The lowest BCUT2D eigenvalue weighted by Crippen LogP contribution is -2.44. The highest BCUT2D eigenvalue weighted by Gasteiger charge is 2.39. The summed E-state index contributed by atoms with van der Waals surface area (Å²) >= 11 is 4.04. The van der Waals surface area contributed by atoms with Crippen molar-refractivity contribution in [2.75, 3.05) is 18.6 Å². The van der Waals surface area contributed by atoms with Gasteiger partial charge in [-0.1, -0.05) is 32.9 Å². The molecule has 7 heteroatoms. The number of esters is 1. The Kier molecular flexibility index (Phi) is 12.0. The molecule has 3 atom stereocenters. The third-order valence-electron chi connectivity index (χ3n) is 6.16. The van der Waals surface area contributed by atoms with Crippen molar-refractivity contribution in [3.8, 4) is 0 Å². The number of thioether (sulfide) groups is 2. The Bertz CT molecular complexity index is 583. The summed E-state index contributed by atoms with van der Waals surface area (Å²) in [6.45, 7) is 20.7. The Labute approximate surface area is 200 Å². The average Bonchev–Trinajstić information content (AvgIpc) is 2.66. The molecule has 0 aromatic heterocycles. The van der Waals surface area contributed by atoms with Crippen LogP contribution in [0, 0.1) is 0 Å². The second-order valence-corrected chi connectivity index (χ2v) is 17.9. The van der Waals surface area contributed by atoms with Crippen LogP contribution in [0.15, 0.2) is 25.3 Å². The molecule has 1 aliphatic heterocycles. The van der Waals surface area contributed by atoms with Gasteiger partial charge in [-0.15, -0.1) is 36.7 Å². The summed E-state index contributed by atoms with van der Waals surface area (Å²) in [5.41, 5.74) is 0. The third-order valence-corrected chi connectivity index (χ3v) is 14.1. The molecule has 0 aromatic rings. The molecule has 0 bridgehead atoms. The summed E-state index contributed by atoms with van der Waals surface area (Å²) in [4.78, 5) is 12.6. The van der Waals surface area contributed by atoms with Crippen LogP contribution >= 0.6 is 23.5 Å². The van der Waals surface area contributed by atoms with Gasteiger partial charge in [0.2, 0.25) is 0 Å². The first-order valence-electron chi connectivity index (χ1n) is 11.3. The van der Waals surface area contributed by atoms with Crippen LogP contribution in [0.4, 0.5) is 0 Å². The maximum atomic E-state index is 12.6. The zero-order valence-electron chi connectivity index (χ0n) is 20.7. The Morgan fingerprint density at radius 1 is 1.23 bits per heavy atom. The fourth-order valence-electron chi connectivity index (χ4n) is 3.35. The molecule has 0 spiro atoms. The first-order chi connectivity index (χ1) is 14.4. The summed E-state index contributed by atoms with van der Waals surface area (Å²) in [5.74, 6) is 2.12. The SMILES string of the molecule is C=CCC1(C[C@H](C[C@@H](C)OC(=O)C[C@@H](C=C)O[Si](C)(C)C(C)(C)C)OC)SCCCS1. The van der Waals surface area contributed by atoms with Gasteiger partial charge in [-0.05, 0) is 55.8 Å². The lowest BCUT2D eigenvalue weighted by molar-refractivity contribution is -0.151. The van der Waals surface area contributed by atoms with E-state index in [1.807, 2.05) is 36.5 Å². The number of allylic oxidation sites excluding steroid dienone is 1. The summed E-state index contributed by atoms with van der Waals surface area (Å²) in [6.07, 6.45) is 7.27. The van der Waals surface area contributed by atoms with E-state index >= 15 is 0 Å². The van der Waals surface area contributed by atoms with Gasteiger partial charge in [-0.25, -0.2) is 0 Å². The largest absolute Gasteiger partial charge is 0.462 e. The van der Waals surface area contributed by atoms with E-state index in [0.717, 1.165) is 12.8 Å². The fourth-order valence-corrected chi connectivity index (χ4v) is 8.06. The second kappa shape index (κ2) is 12.9. The van der Waals surface area contributed by atoms with Crippen molar-refractivity contribution in [2.45, 2.75) is 100 Å². The zero-order valence-corrected chi connectivity index (χ0v) is 23.3. The van der Waals surface area contributed by atoms with Gasteiger partial charge >= 0.3 is 5.97 Å². The predicted octanol–water partition coefficient (Wildman–Crippen LogP) is 6.82. The Morgan fingerprint density at radius 3 is 2.32 bits per heavy atom. The highest BCUT2D eigenvalue weighted by atomic mass is 32.2. The van der Waals surface area contributed by atoms with Gasteiger partial charge in [0.25, 0.3) is 0 Å². The second-order valence-electron chi connectivity index (χ2n) is 9.91. The summed E-state index contributed by atoms with van der Waals surface area (Å²) in [6, 6.07) is 0. The minimum Gasteiger partial charge on any atom is -0.462 e. The molecule has 0 aromatic carbocycles. The van der Waals surface area contributed by atoms with Crippen molar-refractivity contribution in [3.05, 3.63) is 25.3 Å². The van der Waals surface area contributed by atoms with Crippen LogP contribution in [0.2, 0.25) is 18.1 Å². The van der Waals surface area contributed by atoms with Crippen LogP contribution in [0.1, 0.15) is 59.8 Å². The molecule has 1 fully saturated rings. The lowest BCUT2D eigenvalue weighted by atomic mass is 10.0. The highest BCUT2D eigenvalue weighted by molar-refractivity contribution is 8.18. The molecule has 4 nitrogen and oxygen atoms in total. The van der Waals surface area contributed by atoms with Crippen LogP contribution in [0.5, 0.6) is 0 Å². The number of carbonyl (C=O) groups excluding carboxylic acids is 1. The van der Waals surface area contributed by atoms with Crippen molar-refractivity contribution in [1.82, 2.24) is 0 Å². The number of carbonyl (C=O) groups is 1. The van der Waals surface area contributed by atoms with Gasteiger partial charge in [-0.3, -0.25) is 4.79 Å². The zero-order chi connectivity index (χ0) is 23.7. The van der Waals surface area contributed by atoms with E-state index in [9.17, 15) is 4.79 Å². The fraction of sp³-hybridized carbons (Fsp3) is 0.792. The molecule has 0 unspecified atom stereocenters. The molecule has 1 heterocycles. The minimum atomic E-state index is -1.98. The van der Waals surface area contributed by atoms with Crippen molar-refractivity contribution in [2.24, 2.45) is 0 Å². The Hall–Kier alpha value is -0.213. The molecule has 0 aliphatic carbocycles. The number of hydrogen-bond acceptors (Lipinski definition) is 6. The van der Waals surface area contributed by atoms with Crippen molar-refractivity contribution >= 4 is 37.8 Å². The molecule has 0 radical (unpaired) electrons. The van der Waals surface area contributed by atoms with E-state index < -0.39 is 8.32 Å². The minimum absolute atomic E-state index is 0.0412. The molecule has 1 saturated heterocycles. The number of hydrogen-bond donors (Lipinski definition) is 0. The number of methoxy groups -OCH3 is 1. The van der Waals surface area contributed by atoms with Crippen LogP contribution < -0.4 is 0 Å². The van der Waals surface area contributed by atoms with E-state index in [2.05, 4.69) is 47.0 Å². The molecule has 31 heavy (non-hydrogen) atoms. The first-order valence-corrected chi connectivity index (χ1v) is 16.2. The first kappa shape index (κ1) is 28.8. The standard InChI is InChI=1S/C24H44O4S2Si/c1-10-13-24(29-14-12-15-30-24)18-21(26-7)16-19(3)27-22(25)17-20(11-2)28-31(8,9)23(4,5)6/h10-11,19-21H,1-2,12-18H2,3-9H3/t19-,20-,21+/m1/s1. The van der Waals surface area contributed by atoms with Crippen molar-refractivity contribution < 1.29 is 18.7 Å². The Morgan fingerprint density at radius 2 is 1.84 bits per heavy atom. The summed E-state index contributed by atoms with van der Waals surface area (Å²) < 4.78 is 18.0. The maximum absolute atomic E-state index is 12.6. The molecular weight excluding hydrogens is 444 g/mol. The van der Waals surface area contributed by atoms with Gasteiger partial charge in [0.1, 0.15) is 6.10 Å². The molecule has 0 amide bonds. The summed E-state index contributed by atoms with van der Waals surface area (Å²) in [7, 11) is -0.231. The van der Waals surface area contributed by atoms with Crippen molar-refractivity contribution in [3.63, 3.8) is 0 Å². The van der Waals surface area contributed by atoms with E-state index in [0.29, 0.717) is 6.42 Å². The van der Waals surface area contributed by atoms with Gasteiger partial charge in [0, 0.05) is 13.5 Å². The Balaban J connectivity index is 2.61. The molecule has 1 aliphatic rings. The quantitative estimate of drug-likeness (QED) is 0.161. The lowest BCUT2D eigenvalue weighted by Gasteiger charge is -2.38. The van der Waals surface area contributed by atoms with Crippen molar-refractivity contribution in [1.29, 1.82) is 0 Å². The van der Waals surface area contributed by atoms with E-state index in [4.69, 9.17) is 13.9 Å². The number of ether oxygens (including phenoxy) is 2. The third kappa shape index (κ3) is 9.66. The van der Waals surface area contributed by atoms with E-state index in [1.54, 1.807) is 13.2 Å². The summed E-state index contributed by atoms with van der Waals surface area (Å²) in [5, 5.41) is 0.0771. The maximum Gasteiger partial charge on any atom is 0.308 e. The molecular formula is C24H44O4S2Si. The van der Waals surface area contributed by atoms with Gasteiger partial charge in [-0.2, -0.15) is 0 Å². The molecule has 1 rings (SSSR count). The smallest absolute Gasteiger partial charge is 0.308 e. The monoisotopic (exact) mass is 488 g/mol. The normalized spacial score (nSPS) is 19.8. The predicted molar refractivity (Wildman–Crippen MR) is 140 cm³/mol. The average molecular weight is 489 g/mol. The van der Waals surface area contributed by atoms with Crippen LogP contribution in [0.3, 0.4) is 0 Å². The van der Waals surface area contributed by atoms with Gasteiger partial charge in [0.05, 0.1) is 22.7 Å². The molecule has 0 saturated carbocycles.